The van der Waals surface area contributed by atoms with Gasteiger partial charge in [0.2, 0.25) is 0 Å². The predicted octanol–water partition coefficient (Wildman–Crippen LogP) is 6.00. The summed E-state index contributed by atoms with van der Waals surface area (Å²) in [6.45, 7) is 5.09. The number of nitrogens with zero attached hydrogens (tertiary/aromatic N) is 1. The topological polar surface area (TPSA) is 74.8 Å². The molecule has 0 radical (unpaired) electrons. The van der Waals surface area contributed by atoms with Crippen LogP contribution in [-0.4, -0.2) is 21.7 Å². The molecule has 0 saturated carbocycles. The monoisotopic (exact) mass is 427 g/mol. The summed E-state index contributed by atoms with van der Waals surface area (Å²) in [4.78, 5) is 35.6. The number of aromatic nitrogens is 2. The Morgan fingerprint density at radius 3 is 2.32 bits per heavy atom. The van der Waals surface area contributed by atoms with Gasteiger partial charge in [-0.3, -0.25) is 14.9 Å². The number of hydrogen-bond donors (Lipinski definition) is 2. The van der Waals surface area contributed by atoms with Gasteiger partial charge in [0.25, 0.3) is 5.91 Å². The molecule has 0 atom stereocenters. The molecule has 0 aliphatic carbocycles. The highest BCUT2D eigenvalue weighted by Crippen LogP contribution is 2.42. The van der Waals surface area contributed by atoms with Crippen molar-refractivity contribution in [2.45, 2.75) is 20.8 Å². The number of rotatable bonds is 5. The molecule has 0 saturated heterocycles. The number of thiazole rings is 1. The maximum atomic E-state index is 12.8. The summed E-state index contributed by atoms with van der Waals surface area (Å²) in [6, 6.07) is 8.08. The van der Waals surface area contributed by atoms with Crippen molar-refractivity contribution in [3.63, 3.8) is 0 Å². The zero-order valence-corrected chi connectivity index (χ0v) is 17.9. The summed E-state index contributed by atoms with van der Waals surface area (Å²) in [7, 11) is 0. The van der Waals surface area contributed by atoms with Crippen molar-refractivity contribution in [2.24, 2.45) is 0 Å². The van der Waals surface area contributed by atoms with Gasteiger partial charge in [0.15, 0.2) is 10.9 Å². The van der Waals surface area contributed by atoms with E-state index < -0.39 is 0 Å². The highest BCUT2D eigenvalue weighted by atomic mass is 32.1. The van der Waals surface area contributed by atoms with E-state index in [1.165, 1.54) is 18.3 Å². The van der Waals surface area contributed by atoms with Crippen LogP contribution in [0.3, 0.4) is 0 Å². The van der Waals surface area contributed by atoms with E-state index in [9.17, 15) is 9.59 Å². The van der Waals surface area contributed by atoms with Crippen LogP contribution in [0.4, 0.5) is 5.13 Å². The fraction of sp³-hybridized carbons (Fsp3) is 0.150. The molecular formula is C20H17N3O2S3. The minimum Gasteiger partial charge on any atom is -0.354 e. The molecule has 142 valence electrons. The van der Waals surface area contributed by atoms with E-state index >= 15 is 0 Å². The third-order valence-corrected chi connectivity index (χ3v) is 7.26. The van der Waals surface area contributed by atoms with Gasteiger partial charge in [0.1, 0.15) is 11.4 Å². The van der Waals surface area contributed by atoms with E-state index in [-0.39, 0.29) is 11.7 Å². The normalized spacial score (nSPS) is 11.0. The van der Waals surface area contributed by atoms with E-state index in [1.54, 1.807) is 36.5 Å². The first kappa shape index (κ1) is 18.8. The van der Waals surface area contributed by atoms with Gasteiger partial charge in [-0.05, 0) is 49.2 Å². The number of Topliss-reactive ketones (excluding diaryl/α,β-unsaturated/α-hetero) is 1. The van der Waals surface area contributed by atoms with Crippen LogP contribution >= 0.6 is 34.0 Å². The van der Waals surface area contributed by atoms with Gasteiger partial charge in [0.05, 0.1) is 9.75 Å². The molecule has 0 spiro atoms. The molecule has 2 N–H and O–H groups in total. The number of amides is 1. The molecule has 0 aliphatic rings. The number of carbonyl (C=O) groups excluding carboxylic acids is 2. The van der Waals surface area contributed by atoms with Crippen molar-refractivity contribution in [1.29, 1.82) is 0 Å². The molecule has 0 unspecified atom stereocenters. The molecule has 0 aromatic carbocycles. The van der Waals surface area contributed by atoms with Crippen molar-refractivity contribution in [3.8, 4) is 20.3 Å². The molecule has 0 bridgehead atoms. The zero-order chi connectivity index (χ0) is 19.8. The van der Waals surface area contributed by atoms with Crippen molar-refractivity contribution >= 4 is 50.8 Å². The first-order valence-electron chi connectivity index (χ1n) is 8.55. The summed E-state index contributed by atoms with van der Waals surface area (Å²) in [6.07, 6.45) is 0. The number of nitrogens with one attached hydrogen (secondary N) is 2. The van der Waals surface area contributed by atoms with E-state index in [4.69, 9.17) is 4.98 Å². The summed E-state index contributed by atoms with van der Waals surface area (Å²) in [5, 5.41) is 7.47. The Hall–Kier alpha value is -2.55. The Bertz CT molecular complexity index is 1100. The zero-order valence-electron chi connectivity index (χ0n) is 15.5. The van der Waals surface area contributed by atoms with Gasteiger partial charge in [-0.25, -0.2) is 4.98 Å². The number of ketones is 1. The molecule has 5 nitrogen and oxygen atoms in total. The number of carbonyl (C=O) groups is 2. The number of hydrogen-bond acceptors (Lipinski definition) is 6. The molecule has 0 fully saturated rings. The Morgan fingerprint density at radius 2 is 1.75 bits per heavy atom. The molecule has 4 heterocycles. The van der Waals surface area contributed by atoms with E-state index in [0.29, 0.717) is 27.6 Å². The Morgan fingerprint density at radius 1 is 1.07 bits per heavy atom. The van der Waals surface area contributed by atoms with Crippen LogP contribution in [-0.2, 0) is 0 Å². The van der Waals surface area contributed by atoms with Gasteiger partial charge >= 0.3 is 0 Å². The Balaban J connectivity index is 1.69. The molecule has 4 aromatic heterocycles. The maximum Gasteiger partial charge on any atom is 0.274 e. The number of anilines is 1. The first-order chi connectivity index (χ1) is 13.5. The van der Waals surface area contributed by atoms with Gasteiger partial charge in [-0.1, -0.05) is 23.5 Å². The molecule has 4 aromatic rings. The largest absolute Gasteiger partial charge is 0.354 e. The van der Waals surface area contributed by atoms with E-state index in [1.807, 2.05) is 29.0 Å². The SMILES string of the molecule is CC(=O)c1c(C)[nH]c(C(=O)Nc2nc(-c3cccs3)c(-c3cccs3)s2)c1C. The lowest BCUT2D eigenvalue weighted by atomic mass is 10.1. The summed E-state index contributed by atoms with van der Waals surface area (Å²) in [5.41, 5.74) is 3.21. The minimum atomic E-state index is -0.294. The molecule has 28 heavy (non-hydrogen) atoms. The van der Waals surface area contributed by atoms with Crippen molar-refractivity contribution in [2.75, 3.05) is 5.32 Å². The van der Waals surface area contributed by atoms with Gasteiger partial charge in [-0.2, -0.15) is 0 Å². The lowest BCUT2D eigenvalue weighted by Crippen LogP contribution is -2.13. The highest BCUT2D eigenvalue weighted by Gasteiger charge is 2.22. The quantitative estimate of drug-likeness (QED) is 0.384. The highest BCUT2D eigenvalue weighted by molar-refractivity contribution is 7.24. The predicted molar refractivity (Wildman–Crippen MR) is 117 cm³/mol. The second-order valence-corrected chi connectivity index (χ2v) is 9.18. The Kier molecular flexibility index (Phi) is 5.01. The fourth-order valence-electron chi connectivity index (χ4n) is 3.19. The van der Waals surface area contributed by atoms with E-state index in [2.05, 4.69) is 16.4 Å². The molecule has 0 aliphatic heterocycles. The van der Waals surface area contributed by atoms with Gasteiger partial charge in [0, 0.05) is 16.1 Å². The average Bonchev–Trinajstić information content (AvgIpc) is 3.41. The average molecular weight is 428 g/mol. The van der Waals surface area contributed by atoms with Crippen molar-refractivity contribution in [3.05, 3.63) is 57.5 Å². The van der Waals surface area contributed by atoms with E-state index in [0.717, 1.165) is 20.3 Å². The maximum absolute atomic E-state index is 12.8. The van der Waals surface area contributed by atoms with Crippen LogP contribution in [0.1, 0.15) is 39.0 Å². The van der Waals surface area contributed by atoms with Crippen LogP contribution in [0, 0.1) is 13.8 Å². The lowest BCUT2D eigenvalue weighted by molar-refractivity contribution is 0.101. The molecular weight excluding hydrogens is 410 g/mol. The van der Waals surface area contributed by atoms with Crippen LogP contribution in [0.15, 0.2) is 35.0 Å². The second kappa shape index (κ2) is 7.46. The van der Waals surface area contributed by atoms with Gasteiger partial charge < -0.3 is 4.98 Å². The summed E-state index contributed by atoms with van der Waals surface area (Å²) >= 11 is 4.72. The standard InChI is InChI=1S/C20H17N3O2S3/c1-10-15(12(3)24)11(2)21-16(10)19(25)23-20-22-17(13-6-4-8-26-13)18(28-20)14-7-5-9-27-14/h4-9,21H,1-3H3,(H,22,23,25). The van der Waals surface area contributed by atoms with Crippen LogP contribution < -0.4 is 5.32 Å². The third-order valence-electron chi connectivity index (χ3n) is 4.36. The first-order valence-corrected chi connectivity index (χ1v) is 11.1. The van der Waals surface area contributed by atoms with Crippen LogP contribution in [0.2, 0.25) is 0 Å². The van der Waals surface area contributed by atoms with Crippen LogP contribution in [0.5, 0.6) is 0 Å². The van der Waals surface area contributed by atoms with Crippen molar-refractivity contribution in [1.82, 2.24) is 9.97 Å². The third kappa shape index (κ3) is 3.34. The van der Waals surface area contributed by atoms with Crippen molar-refractivity contribution < 1.29 is 9.59 Å². The molecule has 8 heteroatoms. The number of H-pyrrole nitrogens is 1. The molecule has 1 amide bonds. The molecule has 4 rings (SSSR count). The number of aromatic amines is 1. The number of thiophene rings is 2. The summed E-state index contributed by atoms with van der Waals surface area (Å²) in [5.74, 6) is -0.350. The summed E-state index contributed by atoms with van der Waals surface area (Å²) < 4.78 is 0. The lowest BCUT2D eigenvalue weighted by Gasteiger charge is -2.01. The minimum absolute atomic E-state index is 0.0560. The number of aryl methyl sites for hydroxylation is 1. The van der Waals surface area contributed by atoms with Crippen LogP contribution in [0.25, 0.3) is 20.3 Å². The fourth-order valence-corrected chi connectivity index (χ4v) is 5.81. The smallest absolute Gasteiger partial charge is 0.274 e. The Labute approximate surface area is 174 Å². The van der Waals surface area contributed by atoms with Gasteiger partial charge in [-0.15, -0.1) is 22.7 Å². The second-order valence-electron chi connectivity index (χ2n) is 6.29.